The average molecular weight is 256 g/mol. The summed E-state index contributed by atoms with van der Waals surface area (Å²) in [7, 11) is 1.72. The number of nitrogens with two attached hydrogens (primary N) is 2. The summed E-state index contributed by atoms with van der Waals surface area (Å²) in [4.78, 5) is 24.2. The van der Waals surface area contributed by atoms with Crippen LogP contribution in [-0.2, 0) is 9.59 Å². The van der Waals surface area contributed by atoms with Crippen molar-refractivity contribution in [2.45, 2.75) is 24.9 Å². The summed E-state index contributed by atoms with van der Waals surface area (Å²) < 4.78 is 0. The number of primary amides is 1. The fraction of sp³-hybridized carbons (Fsp3) is 0.700. The number of hydrogen-bond acceptors (Lipinski definition) is 4. The molecule has 0 saturated carbocycles. The molecule has 0 radical (unpaired) electrons. The minimum absolute atomic E-state index is 0.00449. The normalized spacial score (nSPS) is 23.3. The van der Waals surface area contributed by atoms with Crippen molar-refractivity contribution in [2.24, 2.45) is 11.5 Å². The molecule has 7 N–H and O–H groups in total. The largest absolute Gasteiger partial charge is 0.370 e. The number of hydrogen-bond donors (Lipinski definition) is 5. The number of rotatable bonds is 5. The Morgan fingerprint density at radius 1 is 1.56 bits per heavy atom. The molecule has 1 fully saturated rings. The predicted molar refractivity (Wildman–Crippen MR) is 66.7 cm³/mol. The molecule has 0 aromatic heterocycles. The minimum atomic E-state index is -0.631. The van der Waals surface area contributed by atoms with Crippen LogP contribution in [0.3, 0.4) is 0 Å². The van der Waals surface area contributed by atoms with E-state index in [1.165, 1.54) is 0 Å². The molecule has 1 aliphatic heterocycles. The van der Waals surface area contributed by atoms with E-state index in [2.05, 4.69) is 10.6 Å². The highest BCUT2D eigenvalue weighted by molar-refractivity contribution is 5.90. The van der Waals surface area contributed by atoms with Gasteiger partial charge in [0.05, 0.1) is 6.04 Å². The second-order valence-electron chi connectivity index (χ2n) is 4.37. The first-order valence-electron chi connectivity index (χ1n) is 5.80. The third-order valence-electron chi connectivity index (χ3n) is 2.94. The van der Waals surface area contributed by atoms with Crippen LogP contribution in [-0.4, -0.2) is 54.9 Å². The first-order valence-corrected chi connectivity index (χ1v) is 5.80. The van der Waals surface area contributed by atoms with Crippen LogP contribution in [0, 0.1) is 5.41 Å². The topological polar surface area (TPSA) is 137 Å². The Labute approximate surface area is 106 Å². The molecule has 0 aromatic carbocycles. The van der Waals surface area contributed by atoms with Gasteiger partial charge >= 0.3 is 0 Å². The number of piperazine rings is 1. The highest BCUT2D eigenvalue weighted by Gasteiger charge is 2.29. The van der Waals surface area contributed by atoms with Crippen molar-refractivity contribution < 1.29 is 9.59 Å². The Kier molecular flexibility index (Phi) is 4.90. The Morgan fingerprint density at radius 3 is 2.72 bits per heavy atom. The van der Waals surface area contributed by atoms with Gasteiger partial charge in [-0.25, -0.2) is 0 Å². The Balaban J connectivity index is 2.30. The van der Waals surface area contributed by atoms with Crippen LogP contribution >= 0.6 is 0 Å². The van der Waals surface area contributed by atoms with Gasteiger partial charge in [0.15, 0.2) is 5.96 Å². The molecular weight excluding hydrogens is 236 g/mol. The standard InChI is InChI=1S/C10H20N6O2/c1-16(10(12)13)4-2-3-6-9(18)15-7(5-14-6)8(11)17/h6-7,14H,2-5H2,1H3,(H2,11,17)(H3,12,13)(H,15,18)/t6-,7+/m0/s1. The molecule has 1 rings (SSSR count). The molecule has 0 bridgehead atoms. The summed E-state index contributed by atoms with van der Waals surface area (Å²) in [6.07, 6.45) is 1.34. The number of guanidine groups is 1. The SMILES string of the molecule is CN(CCC[C@@H]1NC[C@H](C(N)=O)NC1=O)C(=N)N. The van der Waals surface area contributed by atoms with Gasteiger partial charge in [0.2, 0.25) is 11.8 Å². The lowest BCUT2D eigenvalue weighted by molar-refractivity contribution is -0.130. The maximum absolute atomic E-state index is 11.7. The van der Waals surface area contributed by atoms with E-state index < -0.39 is 11.9 Å². The molecule has 2 atom stereocenters. The van der Waals surface area contributed by atoms with Crippen molar-refractivity contribution in [1.82, 2.24) is 15.5 Å². The van der Waals surface area contributed by atoms with Gasteiger partial charge in [0.25, 0.3) is 0 Å². The van der Waals surface area contributed by atoms with Gasteiger partial charge < -0.3 is 27.0 Å². The maximum Gasteiger partial charge on any atom is 0.241 e. The van der Waals surface area contributed by atoms with Crippen molar-refractivity contribution in [2.75, 3.05) is 20.1 Å². The van der Waals surface area contributed by atoms with Crippen LogP contribution in [0.1, 0.15) is 12.8 Å². The molecule has 8 heteroatoms. The molecule has 8 nitrogen and oxygen atoms in total. The van der Waals surface area contributed by atoms with E-state index in [0.29, 0.717) is 19.5 Å². The number of nitrogens with zero attached hydrogens (tertiary/aromatic N) is 1. The summed E-state index contributed by atoms with van der Waals surface area (Å²) in [6, 6.07) is -0.949. The second-order valence-corrected chi connectivity index (χ2v) is 4.37. The Morgan fingerprint density at radius 2 is 2.22 bits per heavy atom. The fourth-order valence-corrected chi connectivity index (χ4v) is 1.73. The summed E-state index contributed by atoms with van der Waals surface area (Å²) >= 11 is 0. The lowest BCUT2D eigenvalue weighted by Gasteiger charge is -2.29. The van der Waals surface area contributed by atoms with Gasteiger partial charge in [-0.15, -0.1) is 0 Å². The van der Waals surface area contributed by atoms with E-state index in [1.807, 2.05) is 0 Å². The Bertz CT molecular complexity index is 345. The van der Waals surface area contributed by atoms with Crippen LogP contribution in [0.4, 0.5) is 0 Å². The zero-order valence-electron chi connectivity index (χ0n) is 10.4. The van der Waals surface area contributed by atoms with Crippen molar-refractivity contribution in [3.8, 4) is 0 Å². The van der Waals surface area contributed by atoms with E-state index in [1.54, 1.807) is 11.9 Å². The van der Waals surface area contributed by atoms with Gasteiger partial charge in [-0.1, -0.05) is 0 Å². The first-order chi connectivity index (χ1) is 8.41. The molecule has 1 saturated heterocycles. The minimum Gasteiger partial charge on any atom is -0.370 e. The molecule has 1 heterocycles. The van der Waals surface area contributed by atoms with Crippen LogP contribution in [0.2, 0.25) is 0 Å². The van der Waals surface area contributed by atoms with Gasteiger partial charge in [-0.2, -0.15) is 0 Å². The van der Waals surface area contributed by atoms with Crippen LogP contribution in [0.25, 0.3) is 0 Å². The summed E-state index contributed by atoms with van der Waals surface area (Å²) in [5.74, 6) is -0.744. The molecule has 2 amide bonds. The van der Waals surface area contributed by atoms with Crippen LogP contribution in [0.15, 0.2) is 0 Å². The van der Waals surface area contributed by atoms with Crippen molar-refractivity contribution in [3.63, 3.8) is 0 Å². The highest BCUT2D eigenvalue weighted by Crippen LogP contribution is 2.03. The molecule has 0 unspecified atom stereocenters. The monoisotopic (exact) mass is 256 g/mol. The Hall–Kier alpha value is -1.83. The quantitative estimate of drug-likeness (QED) is 0.274. The van der Waals surface area contributed by atoms with Crippen LogP contribution in [0.5, 0.6) is 0 Å². The number of carbonyl (C=O) groups is 2. The molecule has 0 aliphatic carbocycles. The van der Waals surface area contributed by atoms with E-state index in [0.717, 1.165) is 6.42 Å². The second kappa shape index (κ2) is 6.20. The van der Waals surface area contributed by atoms with E-state index in [9.17, 15) is 9.59 Å². The molecule has 0 aromatic rings. The smallest absolute Gasteiger partial charge is 0.241 e. The van der Waals surface area contributed by atoms with Gasteiger partial charge in [-0.05, 0) is 12.8 Å². The van der Waals surface area contributed by atoms with E-state index in [-0.39, 0.29) is 17.9 Å². The zero-order chi connectivity index (χ0) is 13.7. The molecule has 18 heavy (non-hydrogen) atoms. The number of amides is 2. The molecule has 1 aliphatic rings. The van der Waals surface area contributed by atoms with E-state index in [4.69, 9.17) is 16.9 Å². The number of carbonyl (C=O) groups excluding carboxylic acids is 2. The molecular formula is C10H20N6O2. The first kappa shape index (κ1) is 14.2. The molecule has 102 valence electrons. The summed E-state index contributed by atoms with van der Waals surface area (Å²) in [6.45, 7) is 0.967. The van der Waals surface area contributed by atoms with Crippen molar-refractivity contribution in [3.05, 3.63) is 0 Å². The van der Waals surface area contributed by atoms with Gasteiger partial charge in [0.1, 0.15) is 6.04 Å². The highest BCUT2D eigenvalue weighted by atomic mass is 16.2. The fourth-order valence-electron chi connectivity index (χ4n) is 1.73. The van der Waals surface area contributed by atoms with Gasteiger partial charge in [-0.3, -0.25) is 15.0 Å². The third-order valence-corrected chi connectivity index (χ3v) is 2.94. The summed E-state index contributed by atoms with van der Waals surface area (Å²) in [5, 5.41) is 12.8. The predicted octanol–water partition coefficient (Wildman–Crippen LogP) is -2.47. The number of nitrogens with one attached hydrogen (secondary N) is 3. The third kappa shape index (κ3) is 3.88. The molecule has 0 spiro atoms. The zero-order valence-corrected chi connectivity index (χ0v) is 10.4. The summed E-state index contributed by atoms with van der Waals surface area (Å²) in [5.41, 5.74) is 10.4. The van der Waals surface area contributed by atoms with Crippen molar-refractivity contribution >= 4 is 17.8 Å². The van der Waals surface area contributed by atoms with Crippen molar-refractivity contribution in [1.29, 1.82) is 5.41 Å². The average Bonchev–Trinajstić information content (AvgIpc) is 2.30. The lowest BCUT2D eigenvalue weighted by Crippen LogP contribution is -2.62. The lowest BCUT2D eigenvalue weighted by atomic mass is 10.1. The van der Waals surface area contributed by atoms with Crippen LogP contribution < -0.4 is 22.1 Å². The van der Waals surface area contributed by atoms with E-state index >= 15 is 0 Å². The van der Waals surface area contributed by atoms with Gasteiger partial charge in [0, 0.05) is 20.1 Å². The maximum atomic E-state index is 11.7.